The number of imidazole rings is 1. The van der Waals surface area contributed by atoms with Crippen LogP contribution >= 0.6 is 11.6 Å². The smallest absolute Gasteiger partial charge is 0.410 e. The van der Waals surface area contributed by atoms with E-state index in [-0.39, 0.29) is 12.1 Å². The second-order valence-corrected chi connectivity index (χ2v) is 10.4. The van der Waals surface area contributed by atoms with Gasteiger partial charge in [0.1, 0.15) is 17.3 Å². The fraction of sp³-hybridized carbons (Fsp3) is 0.393. The van der Waals surface area contributed by atoms with Gasteiger partial charge in [0.05, 0.1) is 30.7 Å². The number of nitriles is 1. The van der Waals surface area contributed by atoms with Crippen molar-refractivity contribution in [2.45, 2.75) is 44.8 Å². The number of carbonyl (C=O) groups is 1. The molecule has 1 amide bonds. The lowest BCUT2D eigenvalue weighted by Gasteiger charge is -2.42. The van der Waals surface area contributed by atoms with Crippen LogP contribution in [0.5, 0.6) is 5.75 Å². The molecule has 1 aliphatic heterocycles. The molecule has 1 N–H and O–H groups in total. The van der Waals surface area contributed by atoms with Gasteiger partial charge in [0.2, 0.25) is 0 Å². The molecule has 0 saturated carbocycles. The maximum atomic E-state index is 13.0. The second kappa shape index (κ2) is 11.6. The van der Waals surface area contributed by atoms with Crippen molar-refractivity contribution in [1.82, 2.24) is 14.9 Å². The van der Waals surface area contributed by atoms with Crippen LogP contribution in [0.3, 0.4) is 0 Å². The number of hydrogen-bond acceptors (Lipinski definition) is 6. The van der Waals surface area contributed by atoms with E-state index in [0.29, 0.717) is 49.1 Å². The molecule has 0 aliphatic carbocycles. The topological polar surface area (TPSA) is 94.5 Å². The number of nitrogens with one attached hydrogen (secondary N) is 1. The summed E-state index contributed by atoms with van der Waals surface area (Å²) in [5.74, 6) is 0.111. The van der Waals surface area contributed by atoms with Crippen LogP contribution in [0.2, 0.25) is 5.02 Å². The standard InChI is InChI=1S/C28H32ClN5O3/c1-28(2,3)37-27(35)34-13-12-33(21-8-6-7-20(29)15-21)18-22(34)11-14-36-26-10-5-4-9-23(26)24(16-30)25-17-31-19-32-25/h4-10,15,17,19,22,24H,11-14,18H2,1-3H3,(H,31,32)/t22-,24?/m0/s1. The van der Waals surface area contributed by atoms with Crippen molar-refractivity contribution in [2.75, 3.05) is 31.1 Å². The zero-order valence-electron chi connectivity index (χ0n) is 21.4. The number of aromatic amines is 1. The third-order valence-electron chi connectivity index (χ3n) is 6.18. The summed E-state index contributed by atoms with van der Waals surface area (Å²) in [4.78, 5) is 24.1. The van der Waals surface area contributed by atoms with Crippen molar-refractivity contribution in [3.63, 3.8) is 0 Å². The number of aromatic nitrogens is 2. The van der Waals surface area contributed by atoms with Crippen molar-refractivity contribution in [1.29, 1.82) is 5.26 Å². The van der Waals surface area contributed by atoms with E-state index in [4.69, 9.17) is 21.1 Å². The number of ether oxygens (including phenoxy) is 2. The summed E-state index contributed by atoms with van der Waals surface area (Å²) in [6.07, 6.45) is 3.47. The number of amides is 1. The van der Waals surface area contributed by atoms with E-state index in [1.54, 1.807) is 17.4 Å². The van der Waals surface area contributed by atoms with E-state index >= 15 is 0 Å². The number of halogens is 1. The molecule has 37 heavy (non-hydrogen) atoms. The maximum Gasteiger partial charge on any atom is 0.410 e. The van der Waals surface area contributed by atoms with Gasteiger partial charge in [-0.15, -0.1) is 0 Å². The molecule has 0 spiro atoms. The van der Waals surface area contributed by atoms with Gasteiger partial charge in [-0.3, -0.25) is 0 Å². The highest BCUT2D eigenvalue weighted by molar-refractivity contribution is 6.30. The summed E-state index contributed by atoms with van der Waals surface area (Å²) in [6, 6.07) is 17.5. The minimum absolute atomic E-state index is 0.130. The molecule has 9 heteroatoms. The fourth-order valence-corrected chi connectivity index (χ4v) is 4.64. The monoisotopic (exact) mass is 521 g/mol. The first-order valence-electron chi connectivity index (χ1n) is 12.3. The van der Waals surface area contributed by atoms with Crippen molar-refractivity contribution >= 4 is 23.4 Å². The average Bonchev–Trinajstić information content (AvgIpc) is 3.39. The van der Waals surface area contributed by atoms with Gasteiger partial charge in [-0.05, 0) is 45.0 Å². The quantitative estimate of drug-likeness (QED) is 0.434. The highest BCUT2D eigenvalue weighted by atomic mass is 35.5. The van der Waals surface area contributed by atoms with Gasteiger partial charge in [-0.2, -0.15) is 5.26 Å². The first-order valence-corrected chi connectivity index (χ1v) is 12.7. The van der Waals surface area contributed by atoms with E-state index in [1.165, 1.54) is 0 Å². The molecule has 0 bridgehead atoms. The van der Waals surface area contributed by atoms with Crippen LogP contribution in [0, 0.1) is 11.3 Å². The molecule has 194 valence electrons. The van der Waals surface area contributed by atoms with E-state index in [1.807, 2.05) is 69.3 Å². The molecule has 1 saturated heterocycles. The van der Waals surface area contributed by atoms with Crippen LogP contribution in [-0.4, -0.2) is 58.8 Å². The Morgan fingerprint density at radius 2 is 2.05 bits per heavy atom. The highest BCUT2D eigenvalue weighted by Gasteiger charge is 2.33. The van der Waals surface area contributed by atoms with Gasteiger partial charge in [0.15, 0.2) is 0 Å². The van der Waals surface area contributed by atoms with Crippen LogP contribution < -0.4 is 9.64 Å². The lowest BCUT2D eigenvalue weighted by Crippen LogP contribution is -2.56. The van der Waals surface area contributed by atoms with Crippen LogP contribution in [0.25, 0.3) is 0 Å². The summed E-state index contributed by atoms with van der Waals surface area (Å²) in [6.45, 7) is 7.80. The molecule has 1 aromatic heterocycles. The Balaban J connectivity index is 1.49. The predicted octanol–water partition coefficient (Wildman–Crippen LogP) is 5.61. The van der Waals surface area contributed by atoms with Gasteiger partial charge < -0.3 is 24.3 Å². The minimum Gasteiger partial charge on any atom is -0.493 e. The molecule has 0 radical (unpaired) electrons. The van der Waals surface area contributed by atoms with Gasteiger partial charge in [-0.25, -0.2) is 9.78 Å². The number of carbonyl (C=O) groups excluding carboxylic acids is 1. The third kappa shape index (κ3) is 6.75. The second-order valence-electron chi connectivity index (χ2n) is 10.00. The fourth-order valence-electron chi connectivity index (χ4n) is 4.46. The molecule has 1 fully saturated rings. The van der Waals surface area contributed by atoms with E-state index < -0.39 is 11.5 Å². The van der Waals surface area contributed by atoms with Crippen molar-refractivity contribution in [3.8, 4) is 11.8 Å². The Labute approximate surface area is 222 Å². The molecule has 4 rings (SSSR count). The zero-order chi connectivity index (χ0) is 26.4. The van der Waals surface area contributed by atoms with Gasteiger partial charge in [-0.1, -0.05) is 35.9 Å². The van der Waals surface area contributed by atoms with E-state index in [2.05, 4.69) is 20.9 Å². The molecular weight excluding hydrogens is 490 g/mol. The number of para-hydroxylation sites is 1. The van der Waals surface area contributed by atoms with Crippen molar-refractivity contribution in [3.05, 3.63) is 77.3 Å². The molecular formula is C28H32ClN5O3. The van der Waals surface area contributed by atoms with E-state index in [0.717, 1.165) is 11.3 Å². The molecule has 8 nitrogen and oxygen atoms in total. The summed E-state index contributed by atoms with van der Waals surface area (Å²) in [7, 11) is 0. The third-order valence-corrected chi connectivity index (χ3v) is 6.42. The van der Waals surface area contributed by atoms with Gasteiger partial charge in [0.25, 0.3) is 0 Å². The number of hydrogen-bond donors (Lipinski definition) is 1. The average molecular weight is 522 g/mol. The van der Waals surface area contributed by atoms with Crippen LogP contribution in [0.4, 0.5) is 10.5 Å². The Kier molecular flexibility index (Phi) is 8.24. The van der Waals surface area contributed by atoms with E-state index in [9.17, 15) is 10.1 Å². The Hall–Kier alpha value is -3.70. The number of rotatable bonds is 7. The Morgan fingerprint density at radius 3 is 2.76 bits per heavy atom. The lowest BCUT2D eigenvalue weighted by molar-refractivity contribution is 0.0119. The van der Waals surface area contributed by atoms with Crippen molar-refractivity contribution < 1.29 is 14.3 Å². The summed E-state index contributed by atoms with van der Waals surface area (Å²) >= 11 is 6.23. The summed E-state index contributed by atoms with van der Waals surface area (Å²) in [5, 5.41) is 10.5. The first kappa shape index (κ1) is 26.4. The largest absolute Gasteiger partial charge is 0.493 e. The Morgan fingerprint density at radius 1 is 1.24 bits per heavy atom. The molecule has 2 heterocycles. The molecule has 2 atom stereocenters. The maximum absolute atomic E-state index is 13.0. The van der Waals surface area contributed by atoms with Crippen LogP contribution in [0.15, 0.2) is 61.1 Å². The molecule has 2 aromatic carbocycles. The number of anilines is 1. The molecule has 1 aliphatic rings. The van der Waals surface area contributed by atoms with Gasteiger partial charge >= 0.3 is 6.09 Å². The zero-order valence-corrected chi connectivity index (χ0v) is 22.1. The van der Waals surface area contributed by atoms with Crippen LogP contribution in [-0.2, 0) is 4.74 Å². The predicted molar refractivity (Wildman–Crippen MR) is 143 cm³/mol. The van der Waals surface area contributed by atoms with Gasteiger partial charge in [0, 0.05) is 48.5 Å². The SMILES string of the molecule is CC(C)(C)OC(=O)N1CCN(c2cccc(Cl)c2)C[C@@H]1CCOc1ccccc1C(C#N)c1cnc[nH]1. The lowest BCUT2D eigenvalue weighted by atomic mass is 9.97. The first-order chi connectivity index (χ1) is 17.7. The van der Waals surface area contributed by atoms with Crippen molar-refractivity contribution in [2.24, 2.45) is 0 Å². The highest BCUT2D eigenvalue weighted by Crippen LogP contribution is 2.31. The Bertz CT molecular complexity index is 1240. The summed E-state index contributed by atoms with van der Waals surface area (Å²) < 4.78 is 11.9. The number of benzene rings is 2. The minimum atomic E-state index is -0.583. The number of H-pyrrole nitrogens is 1. The number of nitrogens with zero attached hydrogens (tertiary/aromatic N) is 4. The summed E-state index contributed by atoms with van der Waals surface area (Å²) in [5.41, 5.74) is 1.91. The molecule has 1 unspecified atom stereocenters. The number of piperazine rings is 1. The van der Waals surface area contributed by atoms with Crippen LogP contribution in [0.1, 0.15) is 44.4 Å². The molecule has 3 aromatic rings. The normalized spacial score (nSPS) is 16.7.